The monoisotopic (exact) mass is 560 g/mol. The van der Waals surface area contributed by atoms with Gasteiger partial charge in [0.2, 0.25) is 17.7 Å². The fraction of sp³-hybridized carbons (Fsp3) is 0.480. The van der Waals surface area contributed by atoms with Crippen LogP contribution in [-0.4, -0.2) is 88.8 Å². The van der Waals surface area contributed by atoms with E-state index in [1.54, 1.807) is 12.1 Å². The Balaban J connectivity index is 1.57. The van der Waals surface area contributed by atoms with Crippen molar-refractivity contribution < 1.29 is 32.7 Å². The average Bonchev–Trinajstić information content (AvgIpc) is 3.39. The van der Waals surface area contributed by atoms with E-state index in [1.165, 1.54) is 18.3 Å². The number of nitrogens with zero attached hydrogens (tertiary/aromatic N) is 3. The molecule has 0 radical (unpaired) electrons. The number of aliphatic hydroxyl groups excluding tert-OH is 1. The Morgan fingerprint density at radius 1 is 1.21 bits per heavy atom. The van der Waals surface area contributed by atoms with Gasteiger partial charge >= 0.3 is 0 Å². The molecule has 1 aromatic carbocycles. The Hall–Kier alpha value is -3.62. The first-order valence-electron chi connectivity index (χ1n) is 12.7. The van der Waals surface area contributed by atoms with Gasteiger partial charge in [0.25, 0.3) is 15.9 Å². The largest absolute Gasteiger partial charge is 0.395 e. The second-order valence-corrected chi connectivity index (χ2v) is 11.5. The zero-order chi connectivity index (χ0) is 28.2. The number of nitrogens with one attached hydrogen (secondary N) is 3. The normalized spacial score (nSPS) is 19.9. The molecule has 2 aliphatic heterocycles. The Bertz CT molecular complexity index is 1330. The number of benzene rings is 1. The lowest BCUT2D eigenvalue weighted by atomic mass is 10.0. The van der Waals surface area contributed by atoms with Crippen LogP contribution in [0.15, 0.2) is 41.7 Å². The van der Waals surface area contributed by atoms with Crippen LogP contribution in [0.4, 0.5) is 0 Å². The predicted octanol–water partition coefficient (Wildman–Crippen LogP) is -1.17. The first kappa shape index (κ1) is 28.4. The summed E-state index contributed by atoms with van der Waals surface area (Å²) in [4.78, 5) is 56.0. The molecule has 0 aliphatic carbocycles. The van der Waals surface area contributed by atoms with Crippen molar-refractivity contribution in [3.8, 4) is 0 Å². The average molecular weight is 561 g/mol. The van der Waals surface area contributed by atoms with Crippen molar-refractivity contribution in [2.45, 2.75) is 62.0 Å². The lowest BCUT2D eigenvalue weighted by Crippen LogP contribution is -2.62. The Labute approximate surface area is 226 Å². The summed E-state index contributed by atoms with van der Waals surface area (Å²) in [7, 11) is -3.95. The summed E-state index contributed by atoms with van der Waals surface area (Å²) in [6, 6.07) is 3.55. The molecule has 2 aromatic rings. The fourth-order valence-electron chi connectivity index (χ4n) is 4.48. The van der Waals surface area contributed by atoms with Crippen LogP contribution in [0, 0.1) is 6.92 Å². The van der Waals surface area contributed by atoms with Crippen molar-refractivity contribution >= 4 is 33.7 Å². The third kappa shape index (κ3) is 6.52. The molecule has 14 heteroatoms. The van der Waals surface area contributed by atoms with Gasteiger partial charge < -0.3 is 21.1 Å². The number of hydrogen-bond donors (Lipinski definition) is 4. The highest BCUT2D eigenvalue weighted by Gasteiger charge is 2.38. The van der Waals surface area contributed by atoms with Crippen LogP contribution in [0.5, 0.6) is 0 Å². The summed E-state index contributed by atoms with van der Waals surface area (Å²) < 4.78 is 27.0. The van der Waals surface area contributed by atoms with E-state index in [2.05, 4.69) is 20.9 Å². The number of aromatic nitrogens is 2. The molecule has 0 saturated carbocycles. The molecule has 4 rings (SSSR count). The number of carbonyl (C=O) groups excluding carboxylic acids is 4. The topological polar surface area (TPSA) is 180 Å². The minimum atomic E-state index is -3.95. The van der Waals surface area contributed by atoms with Crippen molar-refractivity contribution in [2.24, 2.45) is 0 Å². The number of β-lactam (4-membered cyclic amide) rings is 1. The van der Waals surface area contributed by atoms with Gasteiger partial charge in [-0.2, -0.15) is 0 Å². The molecule has 2 aliphatic rings. The molecular weight excluding hydrogens is 528 g/mol. The van der Waals surface area contributed by atoms with Gasteiger partial charge in [0.05, 0.1) is 36.2 Å². The number of hydrogen-bond acceptors (Lipinski definition) is 9. The van der Waals surface area contributed by atoms with Crippen molar-refractivity contribution in [3.05, 3.63) is 48.0 Å². The molecule has 4 amide bonds. The van der Waals surface area contributed by atoms with Gasteiger partial charge in [-0.25, -0.2) is 17.4 Å². The van der Waals surface area contributed by atoms with Crippen LogP contribution in [-0.2, 0) is 35.6 Å². The fourth-order valence-corrected chi connectivity index (χ4v) is 5.63. The van der Waals surface area contributed by atoms with E-state index in [0.717, 1.165) is 33.6 Å². The molecule has 0 bridgehead atoms. The highest BCUT2D eigenvalue weighted by molar-refractivity contribution is 7.90. The standard InChI is InChI=1S/C25H32N6O7S/c1-16-5-7-18(8-6-16)39(37,38)30-14-17(27-15-30)12-21(29-23(34)20-13-22(33)28-20)25(36)31(10-11-32)24(35)19-4-2-3-9-26-19/h5-8,14-15,19-21,26,32H,2-4,9-13H2,1H3,(H,28,33)(H,29,34)/t19-,20-,21-/m0/s1. The first-order chi connectivity index (χ1) is 18.6. The smallest absolute Gasteiger partial charge is 0.268 e. The number of amides is 4. The maximum Gasteiger partial charge on any atom is 0.268 e. The van der Waals surface area contributed by atoms with Crippen LogP contribution in [0.1, 0.15) is 36.9 Å². The van der Waals surface area contributed by atoms with Crippen molar-refractivity contribution in [2.75, 3.05) is 19.7 Å². The van der Waals surface area contributed by atoms with Crippen LogP contribution < -0.4 is 16.0 Å². The van der Waals surface area contributed by atoms with Gasteiger partial charge in [-0.05, 0) is 38.4 Å². The Morgan fingerprint density at radius 2 is 1.92 bits per heavy atom. The molecule has 3 atom stereocenters. The van der Waals surface area contributed by atoms with E-state index >= 15 is 0 Å². The highest BCUT2D eigenvalue weighted by Crippen LogP contribution is 2.17. The Kier molecular flexibility index (Phi) is 8.77. The molecule has 4 N–H and O–H groups in total. The third-order valence-electron chi connectivity index (χ3n) is 6.74. The van der Waals surface area contributed by atoms with E-state index in [-0.39, 0.29) is 35.9 Å². The van der Waals surface area contributed by atoms with Gasteiger partial charge in [-0.3, -0.25) is 24.1 Å². The summed E-state index contributed by atoms with van der Waals surface area (Å²) in [6.45, 7) is 1.69. The predicted molar refractivity (Wildman–Crippen MR) is 138 cm³/mol. The summed E-state index contributed by atoms with van der Waals surface area (Å²) >= 11 is 0. The number of rotatable bonds is 10. The number of imide groups is 1. The molecule has 1 aromatic heterocycles. The highest BCUT2D eigenvalue weighted by atomic mass is 32.2. The minimum Gasteiger partial charge on any atom is -0.395 e. The molecule has 13 nitrogen and oxygen atoms in total. The Morgan fingerprint density at radius 3 is 2.54 bits per heavy atom. The van der Waals surface area contributed by atoms with Crippen LogP contribution in [0.3, 0.4) is 0 Å². The zero-order valence-corrected chi connectivity index (χ0v) is 22.3. The minimum absolute atomic E-state index is 0.0402. The summed E-state index contributed by atoms with van der Waals surface area (Å²) in [5, 5.41) is 17.7. The second kappa shape index (κ2) is 12.1. The molecule has 39 heavy (non-hydrogen) atoms. The quantitative estimate of drug-likeness (QED) is 0.261. The van der Waals surface area contributed by atoms with E-state index in [4.69, 9.17) is 0 Å². The summed E-state index contributed by atoms with van der Waals surface area (Å²) in [5.74, 6) is -2.21. The van der Waals surface area contributed by atoms with Crippen molar-refractivity contribution in [3.63, 3.8) is 0 Å². The number of carbonyl (C=O) groups is 4. The number of piperidine rings is 1. The maximum atomic E-state index is 13.6. The molecule has 0 spiro atoms. The van der Waals surface area contributed by atoms with Gasteiger partial charge in [0, 0.05) is 12.6 Å². The molecule has 2 saturated heterocycles. The van der Waals surface area contributed by atoms with Gasteiger partial charge in [-0.1, -0.05) is 24.1 Å². The number of imidazole rings is 1. The van der Waals surface area contributed by atoms with Crippen LogP contribution >= 0.6 is 0 Å². The SMILES string of the molecule is Cc1ccc(S(=O)(=O)n2cnc(C[C@H](NC(=O)[C@@H]3CC(=O)N3)C(=O)N(CCO)C(=O)[C@@H]3CCCCN3)c2)cc1. The zero-order valence-electron chi connectivity index (χ0n) is 21.5. The van der Waals surface area contributed by atoms with Crippen molar-refractivity contribution in [1.29, 1.82) is 0 Å². The van der Waals surface area contributed by atoms with Gasteiger partial charge in [-0.15, -0.1) is 0 Å². The van der Waals surface area contributed by atoms with Crippen LogP contribution in [0.25, 0.3) is 0 Å². The van der Waals surface area contributed by atoms with E-state index in [0.29, 0.717) is 13.0 Å². The molecule has 210 valence electrons. The third-order valence-corrected chi connectivity index (χ3v) is 8.37. The first-order valence-corrected chi connectivity index (χ1v) is 14.2. The molecule has 2 fully saturated rings. The lowest BCUT2D eigenvalue weighted by Gasteiger charge is -2.32. The summed E-state index contributed by atoms with van der Waals surface area (Å²) in [5.41, 5.74) is 1.07. The maximum absolute atomic E-state index is 13.6. The van der Waals surface area contributed by atoms with Gasteiger partial charge in [0.15, 0.2) is 0 Å². The van der Waals surface area contributed by atoms with Crippen LogP contribution in [0.2, 0.25) is 0 Å². The molecule has 3 heterocycles. The molecule has 0 unspecified atom stereocenters. The second-order valence-electron chi connectivity index (χ2n) is 9.66. The van der Waals surface area contributed by atoms with E-state index in [1.807, 2.05) is 6.92 Å². The number of aryl methyl sites for hydroxylation is 1. The van der Waals surface area contributed by atoms with Crippen molar-refractivity contribution in [1.82, 2.24) is 29.8 Å². The summed E-state index contributed by atoms with van der Waals surface area (Å²) in [6.07, 6.45) is 4.31. The van der Waals surface area contributed by atoms with E-state index in [9.17, 15) is 32.7 Å². The number of aliphatic hydroxyl groups is 1. The molecular formula is C25H32N6O7S. The van der Waals surface area contributed by atoms with E-state index < -0.39 is 52.5 Å². The van der Waals surface area contributed by atoms with Gasteiger partial charge in [0.1, 0.15) is 18.4 Å². The lowest BCUT2D eigenvalue weighted by molar-refractivity contribution is -0.150.